The highest BCUT2D eigenvalue weighted by atomic mass is 16.4. The van der Waals surface area contributed by atoms with Crippen LogP contribution in [0.1, 0.15) is 10.4 Å². The summed E-state index contributed by atoms with van der Waals surface area (Å²) in [6.45, 7) is 0. The zero-order chi connectivity index (χ0) is 8.97. The predicted octanol–water partition coefficient (Wildman–Crippen LogP) is 0.931. The molecule has 0 heterocycles. The van der Waals surface area contributed by atoms with Gasteiger partial charge in [0.1, 0.15) is 0 Å². The SMILES string of the molecule is CNNc1cccc(C(=O)O)c1. The normalized spacial score (nSPS) is 9.42. The van der Waals surface area contributed by atoms with Crippen LogP contribution in [0.2, 0.25) is 0 Å². The van der Waals surface area contributed by atoms with Crippen LogP contribution in [0.4, 0.5) is 5.69 Å². The van der Waals surface area contributed by atoms with E-state index in [0.29, 0.717) is 0 Å². The summed E-state index contributed by atoms with van der Waals surface area (Å²) in [6.07, 6.45) is 0. The van der Waals surface area contributed by atoms with Gasteiger partial charge in [0.2, 0.25) is 0 Å². The van der Waals surface area contributed by atoms with E-state index in [9.17, 15) is 4.79 Å². The van der Waals surface area contributed by atoms with E-state index in [1.165, 1.54) is 0 Å². The fraction of sp³-hybridized carbons (Fsp3) is 0.125. The van der Waals surface area contributed by atoms with E-state index < -0.39 is 5.97 Å². The minimum atomic E-state index is -0.922. The van der Waals surface area contributed by atoms with E-state index in [4.69, 9.17) is 5.11 Å². The van der Waals surface area contributed by atoms with E-state index in [2.05, 4.69) is 10.9 Å². The highest BCUT2D eigenvalue weighted by Crippen LogP contribution is 2.08. The summed E-state index contributed by atoms with van der Waals surface area (Å²) >= 11 is 0. The Morgan fingerprint density at radius 2 is 2.25 bits per heavy atom. The smallest absolute Gasteiger partial charge is 0.335 e. The van der Waals surface area contributed by atoms with E-state index in [-0.39, 0.29) is 5.56 Å². The summed E-state index contributed by atoms with van der Waals surface area (Å²) in [5, 5.41) is 8.63. The van der Waals surface area contributed by atoms with Gasteiger partial charge in [-0.3, -0.25) is 0 Å². The minimum Gasteiger partial charge on any atom is -0.478 e. The first-order chi connectivity index (χ1) is 5.74. The Morgan fingerprint density at radius 3 is 2.83 bits per heavy atom. The van der Waals surface area contributed by atoms with E-state index >= 15 is 0 Å². The Bertz CT molecular complexity index is 286. The van der Waals surface area contributed by atoms with Gasteiger partial charge in [-0.25, -0.2) is 10.2 Å². The molecule has 0 fully saturated rings. The van der Waals surface area contributed by atoms with Crippen molar-refractivity contribution in [2.75, 3.05) is 12.5 Å². The molecule has 0 aliphatic carbocycles. The van der Waals surface area contributed by atoms with Gasteiger partial charge in [0, 0.05) is 12.7 Å². The number of anilines is 1. The van der Waals surface area contributed by atoms with E-state index in [1.807, 2.05) is 0 Å². The number of nitrogens with one attached hydrogen (secondary N) is 2. The van der Waals surface area contributed by atoms with Crippen molar-refractivity contribution in [1.82, 2.24) is 5.43 Å². The summed E-state index contributed by atoms with van der Waals surface area (Å²) in [7, 11) is 1.72. The molecular weight excluding hydrogens is 156 g/mol. The van der Waals surface area contributed by atoms with Crippen molar-refractivity contribution in [3.8, 4) is 0 Å². The fourth-order valence-electron chi connectivity index (χ4n) is 0.874. The second-order valence-corrected chi connectivity index (χ2v) is 2.26. The highest BCUT2D eigenvalue weighted by Gasteiger charge is 2.01. The van der Waals surface area contributed by atoms with Gasteiger partial charge in [0.05, 0.1) is 5.56 Å². The second kappa shape index (κ2) is 3.73. The van der Waals surface area contributed by atoms with Crippen molar-refractivity contribution in [3.63, 3.8) is 0 Å². The number of rotatable bonds is 3. The standard InChI is InChI=1S/C8H10N2O2/c1-9-10-7-4-2-3-6(5-7)8(11)12/h2-5,9-10H,1H3,(H,11,12). The van der Waals surface area contributed by atoms with Crippen LogP contribution in [0.15, 0.2) is 24.3 Å². The minimum absolute atomic E-state index is 0.273. The molecule has 0 unspecified atom stereocenters. The van der Waals surface area contributed by atoms with Crippen LogP contribution in [-0.2, 0) is 0 Å². The molecule has 0 radical (unpaired) electrons. The summed E-state index contributed by atoms with van der Waals surface area (Å²) in [5.41, 5.74) is 6.50. The number of hydrazine groups is 1. The maximum Gasteiger partial charge on any atom is 0.335 e. The van der Waals surface area contributed by atoms with Gasteiger partial charge < -0.3 is 10.5 Å². The molecule has 4 heteroatoms. The van der Waals surface area contributed by atoms with Crippen molar-refractivity contribution in [2.45, 2.75) is 0 Å². The Labute approximate surface area is 70.2 Å². The van der Waals surface area contributed by atoms with E-state index in [1.54, 1.807) is 31.3 Å². The number of aromatic carboxylic acids is 1. The highest BCUT2D eigenvalue weighted by molar-refractivity contribution is 5.88. The summed E-state index contributed by atoms with van der Waals surface area (Å²) in [5.74, 6) is -0.922. The van der Waals surface area contributed by atoms with Gasteiger partial charge in [-0.05, 0) is 18.2 Å². The summed E-state index contributed by atoms with van der Waals surface area (Å²) < 4.78 is 0. The lowest BCUT2D eigenvalue weighted by Crippen LogP contribution is -2.15. The molecule has 0 aliphatic heterocycles. The van der Waals surface area contributed by atoms with Gasteiger partial charge >= 0.3 is 5.97 Å². The van der Waals surface area contributed by atoms with Gasteiger partial charge in [0.25, 0.3) is 0 Å². The quantitative estimate of drug-likeness (QED) is 0.584. The third kappa shape index (κ3) is 1.96. The maximum atomic E-state index is 10.5. The van der Waals surface area contributed by atoms with Crippen LogP contribution in [0.25, 0.3) is 0 Å². The number of carboxylic acids is 1. The van der Waals surface area contributed by atoms with Crippen LogP contribution in [0.3, 0.4) is 0 Å². The first kappa shape index (κ1) is 8.55. The largest absolute Gasteiger partial charge is 0.478 e. The molecule has 0 spiro atoms. The second-order valence-electron chi connectivity index (χ2n) is 2.26. The zero-order valence-corrected chi connectivity index (χ0v) is 6.66. The molecule has 0 saturated carbocycles. The van der Waals surface area contributed by atoms with Crippen LogP contribution >= 0.6 is 0 Å². The van der Waals surface area contributed by atoms with E-state index in [0.717, 1.165) is 5.69 Å². The predicted molar refractivity (Wildman–Crippen MR) is 46.1 cm³/mol. The molecule has 0 aliphatic rings. The molecule has 12 heavy (non-hydrogen) atoms. The van der Waals surface area contributed by atoms with Crippen LogP contribution in [0, 0.1) is 0 Å². The molecule has 0 bridgehead atoms. The molecule has 0 atom stereocenters. The molecule has 0 amide bonds. The molecule has 64 valence electrons. The third-order valence-corrected chi connectivity index (χ3v) is 1.38. The number of carboxylic acid groups (broad SMARTS) is 1. The van der Waals surface area contributed by atoms with Crippen molar-refractivity contribution in [2.24, 2.45) is 0 Å². The summed E-state index contributed by atoms with van der Waals surface area (Å²) in [6, 6.07) is 6.56. The Hall–Kier alpha value is -1.55. The van der Waals surface area contributed by atoms with Crippen LogP contribution in [0.5, 0.6) is 0 Å². The summed E-state index contributed by atoms with van der Waals surface area (Å²) in [4.78, 5) is 10.5. The molecule has 0 aromatic heterocycles. The molecule has 1 rings (SSSR count). The molecular formula is C8H10N2O2. The lowest BCUT2D eigenvalue weighted by molar-refractivity contribution is 0.0697. The van der Waals surface area contributed by atoms with Crippen molar-refractivity contribution in [1.29, 1.82) is 0 Å². The molecule has 1 aromatic rings. The molecule has 4 nitrogen and oxygen atoms in total. The van der Waals surface area contributed by atoms with Crippen molar-refractivity contribution in [3.05, 3.63) is 29.8 Å². The lowest BCUT2D eigenvalue weighted by Gasteiger charge is -2.03. The Morgan fingerprint density at radius 1 is 1.50 bits per heavy atom. The van der Waals surface area contributed by atoms with Crippen molar-refractivity contribution < 1.29 is 9.90 Å². The monoisotopic (exact) mass is 166 g/mol. The third-order valence-electron chi connectivity index (χ3n) is 1.38. The number of benzene rings is 1. The Kier molecular flexibility index (Phi) is 2.66. The van der Waals surface area contributed by atoms with Crippen molar-refractivity contribution >= 4 is 11.7 Å². The number of hydrogen-bond donors (Lipinski definition) is 3. The number of carbonyl (C=O) groups is 1. The van der Waals surface area contributed by atoms with Crippen LogP contribution in [-0.4, -0.2) is 18.1 Å². The lowest BCUT2D eigenvalue weighted by atomic mass is 10.2. The van der Waals surface area contributed by atoms with Gasteiger partial charge in [-0.2, -0.15) is 0 Å². The average molecular weight is 166 g/mol. The fourth-order valence-corrected chi connectivity index (χ4v) is 0.874. The first-order valence-electron chi connectivity index (χ1n) is 3.50. The molecule has 3 N–H and O–H groups in total. The maximum absolute atomic E-state index is 10.5. The first-order valence-corrected chi connectivity index (χ1v) is 3.50. The van der Waals surface area contributed by atoms with Crippen LogP contribution < -0.4 is 10.9 Å². The zero-order valence-electron chi connectivity index (χ0n) is 6.66. The molecule has 0 saturated heterocycles. The van der Waals surface area contributed by atoms with Gasteiger partial charge in [-0.15, -0.1) is 0 Å². The Balaban J connectivity index is 2.88. The molecule has 1 aromatic carbocycles. The van der Waals surface area contributed by atoms with Gasteiger partial charge in [-0.1, -0.05) is 6.07 Å². The number of hydrogen-bond acceptors (Lipinski definition) is 3. The topological polar surface area (TPSA) is 61.4 Å². The average Bonchev–Trinajstić information content (AvgIpc) is 2.05. The van der Waals surface area contributed by atoms with Gasteiger partial charge in [0.15, 0.2) is 0 Å².